The average Bonchev–Trinajstić information content (AvgIpc) is 2.48. The minimum atomic E-state index is -1.01. The highest BCUT2D eigenvalue weighted by molar-refractivity contribution is 5.73. The van der Waals surface area contributed by atoms with Gasteiger partial charge in [-0.3, -0.25) is 4.79 Å². The number of aliphatic carboxylic acids is 1. The zero-order valence-corrected chi connectivity index (χ0v) is 11.0. The largest absolute Gasteiger partial charge is 0.493 e. The molecule has 0 amide bonds. The summed E-state index contributed by atoms with van der Waals surface area (Å²) in [5, 5.41) is 8.73. The van der Waals surface area contributed by atoms with Crippen LogP contribution in [-0.2, 0) is 4.79 Å². The van der Waals surface area contributed by atoms with Crippen LogP contribution in [0.25, 0.3) is 11.1 Å². The highest BCUT2D eigenvalue weighted by Crippen LogP contribution is 2.29. The maximum atomic E-state index is 10.6. The van der Waals surface area contributed by atoms with Crippen molar-refractivity contribution < 1.29 is 14.6 Å². The molecule has 0 radical (unpaired) electrons. The lowest BCUT2D eigenvalue weighted by Crippen LogP contribution is -2.31. The minimum absolute atomic E-state index is 0.275. The van der Waals surface area contributed by atoms with Gasteiger partial charge in [0.2, 0.25) is 0 Å². The van der Waals surface area contributed by atoms with Gasteiger partial charge < -0.3 is 15.6 Å². The number of hydrogen-bond acceptors (Lipinski definition) is 3. The SMILES string of the molecule is NC(CCOc1ccccc1-c1ccccc1)C(=O)O. The normalized spacial score (nSPS) is 11.8. The smallest absolute Gasteiger partial charge is 0.320 e. The van der Waals surface area contributed by atoms with Crippen molar-refractivity contribution in [2.75, 3.05) is 6.61 Å². The van der Waals surface area contributed by atoms with Crippen molar-refractivity contribution >= 4 is 5.97 Å². The number of ether oxygens (including phenoxy) is 1. The van der Waals surface area contributed by atoms with Gasteiger partial charge in [0, 0.05) is 12.0 Å². The van der Waals surface area contributed by atoms with Gasteiger partial charge in [0.25, 0.3) is 0 Å². The number of carboxylic acid groups (broad SMARTS) is 1. The molecular formula is C16H17NO3. The van der Waals surface area contributed by atoms with Gasteiger partial charge >= 0.3 is 5.97 Å². The first kappa shape index (κ1) is 14.1. The number of rotatable bonds is 6. The molecule has 0 aliphatic rings. The van der Waals surface area contributed by atoms with Gasteiger partial charge in [-0.05, 0) is 11.6 Å². The molecule has 2 aromatic carbocycles. The molecule has 0 bridgehead atoms. The van der Waals surface area contributed by atoms with Crippen molar-refractivity contribution in [3.05, 3.63) is 54.6 Å². The zero-order chi connectivity index (χ0) is 14.4. The second-order valence-corrected chi connectivity index (χ2v) is 4.44. The van der Waals surface area contributed by atoms with Crippen LogP contribution >= 0.6 is 0 Å². The first-order chi connectivity index (χ1) is 9.68. The van der Waals surface area contributed by atoms with Gasteiger partial charge in [0.05, 0.1) is 6.61 Å². The van der Waals surface area contributed by atoms with Crippen LogP contribution in [0.15, 0.2) is 54.6 Å². The summed E-state index contributed by atoms with van der Waals surface area (Å²) in [4.78, 5) is 10.6. The Morgan fingerprint density at radius 2 is 1.75 bits per heavy atom. The van der Waals surface area contributed by atoms with Crippen molar-refractivity contribution in [3.63, 3.8) is 0 Å². The molecule has 0 saturated heterocycles. The number of nitrogens with two attached hydrogens (primary N) is 1. The molecule has 0 spiro atoms. The molecule has 20 heavy (non-hydrogen) atoms. The molecule has 0 fully saturated rings. The van der Waals surface area contributed by atoms with Crippen LogP contribution in [0.3, 0.4) is 0 Å². The van der Waals surface area contributed by atoms with E-state index in [1.807, 2.05) is 54.6 Å². The van der Waals surface area contributed by atoms with Gasteiger partial charge in [-0.2, -0.15) is 0 Å². The average molecular weight is 271 g/mol. The summed E-state index contributed by atoms with van der Waals surface area (Å²) in [5.41, 5.74) is 7.49. The summed E-state index contributed by atoms with van der Waals surface area (Å²) in [6.07, 6.45) is 0.276. The van der Waals surface area contributed by atoms with Gasteiger partial charge in [0.1, 0.15) is 11.8 Å². The van der Waals surface area contributed by atoms with E-state index in [0.717, 1.165) is 16.9 Å². The molecular weight excluding hydrogens is 254 g/mol. The summed E-state index contributed by atoms with van der Waals surface area (Å²) in [6, 6.07) is 16.7. The molecule has 2 aromatic rings. The van der Waals surface area contributed by atoms with Crippen LogP contribution in [0.4, 0.5) is 0 Å². The highest BCUT2D eigenvalue weighted by Gasteiger charge is 2.12. The predicted molar refractivity (Wildman–Crippen MR) is 77.6 cm³/mol. The van der Waals surface area contributed by atoms with Crippen LogP contribution in [0.2, 0.25) is 0 Å². The van der Waals surface area contributed by atoms with E-state index in [-0.39, 0.29) is 13.0 Å². The summed E-state index contributed by atoms with van der Waals surface area (Å²) in [7, 11) is 0. The Balaban J connectivity index is 2.07. The van der Waals surface area contributed by atoms with E-state index in [0.29, 0.717) is 0 Å². The molecule has 0 aliphatic carbocycles. The lowest BCUT2D eigenvalue weighted by atomic mass is 10.1. The van der Waals surface area contributed by atoms with Crippen molar-refractivity contribution in [2.45, 2.75) is 12.5 Å². The summed E-state index contributed by atoms with van der Waals surface area (Å²) < 4.78 is 5.67. The fourth-order valence-corrected chi connectivity index (χ4v) is 1.87. The second-order valence-electron chi connectivity index (χ2n) is 4.44. The Bertz CT molecular complexity index is 569. The van der Waals surface area contributed by atoms with E-state index < -0.39 is 12.0 Å². The number of benzene rings is 2. The molecule has 0 aromatic heterocycles. The molecule has 1 unspecified atom stereocenters. The maximum absolute atomic E-state index is 10.6. The number of carbonyl (C=O) groups is 1. The third-order valence-electron chi connectivity index (χ3n) is 2.98. The Hall–Kier alpha value is -2.33. The van der Waals surface area contributed by atoms with Crippen molar-refractivity contribution in [1.29, 1.82) is 0 Å². The van der Waals surface area contributed by atoms with Crippen molar-refractivity contribution in [3.8, 4) is 16.9 Å². The van der Waals surface area contributed by atoms with Gasteiger partial charge in [-0.25, -0.2) is 0 Å². The molecule has 2 rings (SSSR count). The predicted octanol–water partition coefficient (Wildman–Crippen LogP) is 2.53. The van der Waals surface area contributed by atoms with Gasteiger partial charge in [-0.15, -0.1) is 0 Å². The van der Waals surface area contributed by atoms with Crippen LogP contribution in [-0.4, -0.2) is 23.7 Å². The molecule has 0 saturated carbocycles. The number of carboxylic acids is 1. The Labute approximate surface area is 117 Å². The summed E-state index contributed by atoms with van der Waals surface area (Å²) in [5.74, 6) is -0.277. The van der Waals surface area contributed by atoms with Gasteiger partial charge in [-0.1, -0.05) is 48.5 Å². The fourth-order valence-electron chi connectivity index (χ4n) is 1.87. The second kappa shape index (κ2) is 6.73. The van der Waals surface area contributed by atoms with Crippen molar-refractivity contribution in [1.82, 2.24) is 0 Å². The number of para-hydroxylation sites is 1. The van der Waals surface area contributed by atoms with Crippen molar-refractivity contribution in [2.24, 2.45) is 5.73 Å². The lowest BCUT2D eigenvalue weighted by molar-refractivity contribution is -0.138. The van der Waals surface area contributed by atoms with E-state index >= 15 is 0 Å². The van der Waals surface area contributed by atoms with E-state index in [1.165, 1.54) is 0 Å². The summed E-state index contributed by atoms with van der Waals surface area (Å²) >= 11 is 0. The highest BCUT2D eigenvalue weighted by atomic mass is 16.5. The maximum Gasteiger partial charge on any atom is 0.320 e. The molecule has 4 heteroatoms. The topological polar surface area (TPSA) is 72.5 Å². The molecule has 104 valence electrons. The Morgan fingerprint density at radius 3 is 2.45 bits per heavy atom. The Morgan fingerprint density at radius 1 is 1.10 bits per heavy atom. The fraction of sp³-hybridized carbons (Fsp3) is 0.188. The standard InChI is InChI=1S/C16H17NO3/c17-14(16(18)19)10-11-20-15-9-5-4-8-13(15)12-6-2-1-3-7-12/h1-9,14H,10-11,17H2,(H,18,19). The lowest BCUT2D eigenvalue weighted by Gasteiger charge is -2.12. The van der Waals surface area contributed by atoms with Crippen LogP contribution < -0.4 is 10.5 Å². The molecule has 0 heterocycles. The van der Waals surface area contributed by atoms with Gasteiger partial charge in [0.15, 0.2) is 0 Å². The summed E-state index contributed by atoms with van der Waals surface area (Å²) in [6.45, 7) is 0.275. The van der Waals surface area contributed by atoms with E-state index in [9.17, 15) is 4.79 Å². The Kier molecular flexibility index (Phi) is 4.74. The molecule has 0 aliphatic heterocycles. The van der Waals surface area contributed by atoms with Crippen LogP contribution in [0.1, 0.15) is 6.42 Å². The van der Waals surface area contributed by atoms with Crippen LogP contribution in [0, 0.1) is 0 Å². The minimum Gasteiger partial charge on any atom is -0.493 e. The monoisotopic (exact) mass is 271 g/mol. The zero-order valence-electron chi connectivity index (χ0n) is 11.0. The quantitative estimate of drug-likeness (QED) is 0.846. The third-order valence-corrected chi connectivity index (χ3v) is 2.98. The third kappa shape index (κ3) is 3.59. The number of hydrogen-bond donors (Lipinski definition) is 2. The molecule has 4 nitrogen and oxygen atoms in total. The molecule has 1 atom stereocenters. The van der Waals surface area contributed by atoms with E-state index in [2.05, 4.69) is 0 Å². The first-order valence-electron chi connectivity index (χ1n) is 6.44. The molecule has 3 N–H and O–H groups in total. The van der Waals surface area contributed by atoms with E-state index in [4.69, 9.17) is 15.6 Å². The van der Waals surface area contributed by atoms with Crippen LogP contribution in [0.5, 0.6) is 5.75 Å². The van der Waals surface area contributed by atoms with E-state index in [1.54, 1.807) is 0 Å². The first-order valence-corrected chi connectivity index (χ1v) is 6.44.